The second-order valence-electron chi connectivity index (χ2n) is 6.95. The van der Waals surface area contributed by atoms with Crippen LogP contribution in [-0.4, -0.2) is 38.7 Å². The number of rotatable bonds is 6. The zero-order valence-corrected chi connectivity index (χ0v) is 16.3. The van der Waals surface area contributed by atoms with E-state index in [1.165, 1.54) is 5.01 Å². The van der Waals surface area contributed by atoms with Crippen molar-refractivity contribution in [1.29, 1.82) is 0 Å². The van der Waals surface area contributed by atoms with Crippen LogP contribution in [0.3, 0.4) is 0 Å². The number of benzene rings is 2. The van der Waals surface area contributed by atoms with E-state index in [2.05, 4.69) is 25.6 Å². The van der Waals surface area contributed by atoms with Gasteiger partial charge in [0.2, 0.25) is 5.91 Å². The Kier molecular flexibility index (Phi) is 5.25. The van der Waals surface area contributed by atoms with E-state index in [9.17, 15) is 9.59 Å². The van der Waals surface area contributed by atoms with Crippen LogP contribution in [0.15, 0.2) is 65.8 Å². The van der Waals surface area contributed by atoms with Crippen molar-refractivity contribution in [1.82, 2.24) is 20.5 Å². The van der Waals surface area contributed by atoms with E-state index in [4.69, 9.17) is 5.73 Å². The lowest BCUT2D eigenvalue weighted by molar-refractivity contribution is -0.119. The van der Waals surface area contributed by atoms with Gasteiger partial charge < -0.3 is 11.1 Å². The monoisotopic (exact) mass is 403 g/mol. The second kappa shape index (κ2) is 8.16. The number of aromatic amines is 1. The summed E-state index contributed by atoms with van der Waals surface area (Å²) in [4.78, 5) is 29.4. The lowest BCUT2D eigenvalue weighted by Gasteiger charge is -2.20. The molecule has 0 spiro atoms. The predicted octanol–water partition coefficient (Wildman–Crippen LogP) is 1.44. The highest BCUT2D eigenvalue weighted by atomic mass is 16.2. The molecule has 2 unspecified atom stereocenters. The maximum Gasteiger partial charge on any atom is 0.268 e. The number of anilines is 1. The molecule has 0 radical (unpaired) electrons. The maximum absolute atomic E-state index is 13.1. The second-order valence-corrected chi connectivity index (χ2v) is 6.95. The number of nitrogens with one attached hydrogen (secondary N) is 2. The Hall–Kier alpha value is -4.01. The molecule has 0 aliphatic carbocycles. The van der Waals surface area contributed by atoms with Crippen LogP contribution in [0.4, 0.5) is 5.69 Å². The Bertz CT molecular complexity index is 1080. The third kappa shape index (κ3) is 3.90. The van der Waals surface area contributed by atoms with Crippen molar-refractivity contribution < 1.29 is 9.59 Å². The lowest BCUT2D eigenvalue weighted by Crippen LogP contribution is -2.40. The molecule has 1 aromatic heterocycles. The Morgan fingerprint density at radius 3 is 2.40 bits per heavy atom. The number of nitrogens with zero attached hydrogens (tertiary/aromatic N) is 4. The number of aryl methyl sites for hydroxylation is 1. The molecule has 3 aromatic rings. The zero-order valence-electron chi connectivity index (χ0n) is 16.3. The van der Waals surface area contributed by atoms with Crippen molar-refractivity contribution >= 4 is 23.2 Å². The van der Waals surface area contributed by atoms with Crippen LogP contribution in [-0.2, 0) is 9.59 Å². The minimum atomic E-state index is -0.728. The topological polar surface area (TPSA) is 129 Å². The zero-order chi connectivity index (χ0) is 21.1. The molecule has 4 rings (SSSR count). The molecule has 0 fully saturated rings. The van der Waals surface area contributed by atoms with Crippen LogP contribution in [0.25, 0.3) is 0 Å². The van der Waals surface area contributed by atoms with Crippen molar-refractivity contribution in [2.75, 3.05) is 5.01 Å². The number of amides is 2. The molecule has 4 N–H and O–H groups in total. The first-order valence-electron chi connectivity index (χ1n) is 9.48. The molecular formula is C21H21N7O2. The van der Waals surface area contributed by atoms with E-state index in [0.717, 1.165) is 5.56 Å². The Balaban J connectivity index is 1.61. The van der Waals surface area contributed by atoms with Gasteiger partial charge in [0.1, 0.15) is 23.6 Å². The summed E-state index contributed by atoms with van der Waals surface area (Å²) in [7, 11) is 0. The van der Waals surface area contributed by atoms with E-state index in [-0.39, 0.29) is 12.1 Å². The average Bonchev–Trinajstić information content (AvgIpc) is 3.40. The molecule has 1 aliphatic rings. The van der Waals surface area contributed by atoms with Gasteiger partial charge in [-0.2, -0.15) is 10.2 Å². The molecule has 2 atom stereocenters. The molecule has 2 aromatic carbocycles. The highest BCUT2D eigenvalue weighted by Crippen LogP contribution is 2.25. The van der Waals surface area contributed by atoms with Gasteiger partial charge >= 0.3 is 0 Å². The number of nitrogens with two attached hydrogens (primary N) is 1. The molecular weight excluding hydrogens is 382 g/mol. The van der Waals surface area contributed by atoms with Gasteiger partial charge in [0, 0.05) is 6.42 Å². The molecule has 1 aliphatic heterocycles. The number of para-hydroxylation sites is 1. The van der Waals surface area contributed by atoms with Crippen molar-refractivity contribution in [3.8, 4) is 0 Å². The van der Waals surface area contributed by atoms with Crippen LogP contribution < -0.4 is 16.1 Å². The van der Waals surface area contributed by atoms with Gasteiger partial charge in [-0.1, -0.05) is 48.5 Å². The van der Waals surface area contributed by atoms with Crippen molar-refractivity contribution in [3.05, 3.63) is 77.9 Å². The van der Waals surface area contributed by atoms with Gasteiger partial charge in [-0.05, 0) is 24.6 Å². The third-order valence-corrected chi connectivity index (χ3v) is 4.80. The van der Waals surface area contributed by atoms with Crippen molar-refractivity contribution in [2.24, 2.45) is 10.8 Å². The van der Waals surface area contributed by atoms with Crippen LogP contribution in [0.2, 0.25) is 0 Å². The predicted molar refractivity (Wildman–Crippen MR) is 112 cm³/mol. The summed E-state index contributed by atoms with van der Waals surface area (Å²) in [6, 6.07) is 17.3. The largest absolute Gasteiger partial charge is 0.368 e. The number of hydrogen-bond acceptors (Lipinski definition) is 6. The van der Waals surface area contributed by atoms with E-state index in [0.29, 0.717) is 17.3 Å². The molecule has 152 valence electrons. The fourth-order valence-electron chi connectivity index (χ4n) is 3.33. The number of hydrogen-bond donors (Lipinski definition) is 3. The van der Waals surface area contributed by atoms with Crippen molar-refractivity contribution in [2.45, 2.75) is 25.4 Å². The van der Waals surface area contributed by atoms with Crippen molar-refractivity contribution in [3.63, 3.8) is 0 Å². The fourth-order valence-corrected chi connectivity index (χ4v) is 3.33. The first-order chi connectivity index (χ1) is 14.5. The molecule has 0 saturated heterocycles. The summed E-state index contributed by atoms with van der Waals surface area (Å²) in [5.41, 5.74) is 7.30. The summed E-state index contributed by atoms with van der Waals surface area (Å²) < 4.78 is 0. The molecule has 0 saturated carbocycles. The third-order valence-electron chi connectivity index (χ3n) is 4.80. The maximum atomic E-state index is 13.1. The van der Waals surface area contributed by atoms with Gasteiger partial charge in [0.05, 0.1) is 5.69 Å². The number of carbonyl (C=O) groups excluding carboxylic acids is 2. The van der Waals surface area contributed by atoms with Crippen LogP contribution in [0.5, 0.6) is 0 Å². The normalized spacial score (nSPS) is 16.8. The molecule has 2 heterocycles. The van der Waals surface area contributed by atoms with E-state index in [1.54, 1.807) is 6.92 Å². The number of carbonyl (C=O) groups is 2. The first kappa shape index (κ1) is 19.3. The van der Waals surface area contributed by atoms with Gasteiger partial charge in [-0.25, -0.2) is 4.98 Å². The lowest BCUT2D eigenvalue weighted by atomic mass is 10.0. The van der Waals surface area contributed by atoms with E-state index >= 15 is 0 Å². The highest BCUT2D eigenvalue weighted by molar-refractivity contribution is 6.40. The Morgan fingerprint density at radius 2 is 1.80 bits per heavy atom. The number of aromatic nitrogens is 3. The summed E-state index contributed by atoms with van der Waals surface area (Å²) in [5.74, 6) is 0.130. The summed E-state index contributed by atoms with van der Waals surface area (Å²) >= 11 is 0. The summed E-state index contributed by atoms with van der Waals surface area (Å²) in [6.45, 7) is 1.79. The minimum Gasteiger partial charge on any atom is -0.368 e. The first-order valence-corrected chi connectivity index (χ1v) is 9.48. The van der Waals surface area contributed by atoms with Crippen LogP contribution >= 0.6 is 0 Å². The summed E-state index contributed by atoms with van der Waals surface area (Å²) in [5, 5.41) is 15.8. The quantitative estimate of drug-likeness (QED) is 0.573. The van der Waals surface area contributed by atoms with Gasteiger partial charge in [0.25, 0.3) is 5.91 Å². The molecule has 2 amide bonds. The van der Waals surface area contributed by atoms with Gasteiger partial charge in [-0.3, -0.25) is 19.7 Å². The average molecular weight is 403 g/mol. The SMILES string of the molecule is Cc1nc(C(NC(=O)C2=NN(c3ccccc3)C(C(N)=O)C2)c2ccccc2)n[nH]1. The van der Waals surface area contributed by atoms with Gasteiger partial charge in [0.15, 0.2) is 5.82 Å². The van der Waals surface area contributed by atoms with Gasteiger partial charge in [-0.15, -0.1) is 0 Å². The molecule has 0 bridgehead atoms. The van der Waals surface area contributed by atoms with Crippen LogP contribution in [0, 0.1) is 6.92 Å². The van der Waals surface area contributed by atoms with Crippen LogP contribution in [0.1, 0.15) is 29.7 Å². The smallest absolute Gasteiger partial charge is 0.268 e. The summed E-state index contributed by atoms with van der Waals surface area (Å²) in [6.07, 6.45) is 0.116. The number of primary amides is 1. The highest BCUT2D eigenvalue weighted by Gasteiger charge is 2.36. The van der Waals surface area contributed by atoms with E-state index in [1.807, 2.05) is 60.7 Å². The molecule has 9 heteroatoms. The molecule has 30 heavy (non-hydrogen) atoms. The minimum absolute atomic E-state index is 0.116. The molecule has 9 nitrogen and oxygen atoms in total. The Labute approximate surface area is 173 Å². The number of H-pyrrole nitrogens is 1. The fraction of sp³-hybridized carbons (Fsp3) is 0.190. The number of hydrazone groups is 1. The Morgan fingerprint density at radius 1 is 1.13 bits per heavy atom. The van der Waals surface area contributed by atoms with E-state index < -0.39 is 23.9 Å². The standard InChI is InChI=1S/C21H21N7O2/c1-13-23-20(26-25-13)18(14-8-4-2-5-9-14)24-21(30)16-12-17(19(22)29)28(27-16)15-10-6-3-7-11-15/h2-11,17-18H,12H2,1H3,(H2,22,29)(H,24,30)(H,23,25,26).